The van der Waals surface area contributed by atoms with Crippen molar-refractivity contribution < 1.29 is 28.8 Å². The van der Waals surface area contributed by atoms with E-state index in [4.69, 9.17) is 0 Å². The average Bonchev–Trinajstić information content (AvgIpc) is 3.99. The van der Waals surface area contributed by atoms with Gasteiger partial charge in [0.2, 0.25) is 11.8 Å². The monoisotopic (exact) mass is 857 g/mol. The number of amides is 6. The SMILES string of the molecule is O=C1CCC(N2C(=O)c3cccc(NCCCCCN4CCN(C5CCN(c6ccc7c(c6)C(=O)N(C(C(=O)Nc6nccs6)c6ccccc6)C7)CC5)CC4)c3C2=O)C(=O)N1. The molecule has 9 rings (SSSR count). The van der Waals surface area contributed by atoms with E-state index in [1.54, 1.807) is 34.7 Å². The van der Waals surface area contributed by atoms with Crippen molar-refractivity contribution in [2.75, 3.05) is 67.9 Å². The Hall–Kier alpha value is -5.97. The zero-order valence-electron chi connectivity index (χ0n) is 34.6. The lowest BCUT2D eigenvalue weighted by molar-refractivity contribution is -0.136. The van der Waals surface area contributed by atoms with E-state index < -0.39 is 35.7 Å². The van der Waals surface area contributed by atoms with Crippen LogP contribution in [0.5, 0.6) is 0 Å². The number of nitrogens with zero attached hydrogens (tertiary/aromatic N) is 6. The number of rotatable bonds is 14. The first-order chi connectivity index (χ1) is 30.2. The third kappa shape index (κ3) is 8.46. The van der Waals surface area contributed by atoms with Crippen molar-refractivity contribution in [1.29, 1.82) is 0 Å². The average molecular weight is 858 g/mol. The smallest absolute Gasteiger partial charge is 0.264 e. The Morgan fingerprint density at radius 2 is 1.63 bits per heavy atom. The molecule has 3 saturated heterocycles. The highest BCUT2D eigenvalue weighted by Crippen LogP contribution is 2.36. The normalized spacial score (nSPS) is 20.4. The molecule has 6 heterocycles. The largest absolute Gasteiger partial charge is 0.384 e. The Morgan fingerprint density at radius 3 is 2.39 bits per heavy atom. The van der Waals surface area contributed by atoms with Crippen LogP contribution in [-0.4, -0.2) is 124 Å². The molecule has 0 bridgehead atoms. The second kappa shape index (κ2) is 18.2. The fourth-order valence-electron chi connectivity index (χ4n) is 9.65. The Labute approximate surface area is 364 Å². The first-order valence-corrected chi connectivity index (χ1v) is 22.6. The van der Waals surface area contributed by atoms with Crippen molar-refractivity contribution >= 4 is 63.3 Å². The van der Waals surface area contributed by atoms with Crippen LogP contribution < -0.4 is 20.9 Å². The molecule has 1 aromatic heterocycles. The number of piperazine rings is 1. The lowest BCUT2D eigenvalue weighted by Crippen LogP contribution is -2.54. The number of imide groups is 2. The second-order valence-electron chi connectivity index (χ2n) is 16.7. The number of hydrogen-bond donors (Lipinski definition) is 3. The van der Waals surface area contributed by atoms with Crippen LogP contribution in [0.25, 0.3) is 0 Å². The summed E-state index contributed by atoms with van der Waals surface area (Å²) in [5, 5.41) is 10.8. The molecule has 16 heteroatoms. The summed E-state index contributed by atoms with van der Waals surface area (Å²) in [5.74, 6) is -2.42. The molecule has 0 radical (unpaired) electrons. The predicted octanol–water partition coefficient (Wildman–Crippen LogP) is 4.75. The van der Waals surface area contributed by atoms with Gasteiger partial charge in [0.05, 0.1) is 11.1 Å². The zero-order chi connectivity index (χ0) is 42.7. The Kier molecular flexibility index (Phi) is 12.1. The summed E-state index contributed by atoms with van der Waals surface area (Å²) in [6, 6.07) is 19.6. The van der Waals surface area contributed by atoms with Gasteiger partial charge in [0.1, 0.15) is 12.1 Å². The van der Waals surface area contributed by atoms with Crippen LogP contribution in [0.1, 0.15) is 93.2 Å². The molecular weight excluding hydrogens is 807 g/mol. The Balaban J connectivity index is 0.702. The summed E-state index contributed by atoms with van der Waals surface area (Å²) in [6.07, 6.45) is 7.01. The van der Waals surface area contributed by atoms with Crippen LogP contribution in [0.15, 0.2) is 78.3 Å². The summed E-state index contributed by atoms with van der Waals surface area (Å²) in [7, 11) is 0. The maximum atomic E-state index is 14.0. The summed E-state index contributed by atoms with van der Waals surface area (Å²) in [4.78, 5) is 92.7. The van der Waals surface area contributed by atoms with Crippen molar-refractivity contribution in [2.45, 2.75) is 69.6 Å². The van der Waals surface area contributed by atoms with Gasteiger partial charge in [0.25, 0.3) is 23.6 Å². The van der Waals surface area contributed by atoms with Crippen molar-refractivity contribution in [3.63, 3.8) is 0 Å². The number of fused-ring (bicyclic) bond motifs is 2. The number of anilines is 3. The molecule has 3 aromatic carbocycles. The first kappa shape index (κ1) is 41.4. The Bertz CT molecular complexity index is 2340. The highest BCUT2D eigenvalue weighted by molar-refractivity contribution is 7.13. The molecule has 322 valence electrons. The minimum Gasteiger partial charge on any atom is -0.384 e. The molecule has 3 N–H and O–H groups in total. The molecule has 0 spiro atoms. The van der Waals surface area contributed by atoms with Crippen LogP contribution in [0.4, 0.5) is 16.5 Å². The van der Waals surface area contributed by atoms with Gasteiger partial charge in [0.15, 0.2) is 5.13 Å². The zero-order valence-corrected chi connectivity index (χ0v) is 35.4. The fraction of sp³-hybridized carbons (Fsp3) is 0.413. The van der Waals surface area contributed by atoms with Crippen molar-refractivity contribution in [3.8, 4) is 0 Å². The molecule has 0 saturated carbocycles. The maximum absolute atomic E-state index is 14.0. The molecule has 5 aliphatic rings. The fourth-order valence-corrected chi connectivity index (χ4v) is 10.2. The topological polar surface area (TPSA) is 168 Å². The number of carbonyl (C=O) groups is 6. The van der Waals surface area contributed by atoms with Gasteiger partial charge < -0.3 is 20.0 Å². The number of thiazole rings is 1. The van der Waals surface area contributed by atoms with Crippen LogP contribution in [0, 0.1) is 0 Å². The van der Waals surface area contributed by atoms with Gasteiger partial charge in [-0.15, -0.1) is 11.3 Å². The molecule has 62 heavy (non-hydrogen) atoms. The van der Waals surface area contributed by atoms with Crippen LogP contribution >= 0.6 is 11.3 Å². The summed E-state index contributed by atoms with van der Waals surface area (Å²) in [5.41, 5.74) is 4.56. The number of aromatic nitrogens is 1. The molecule has 5 aliphatic heterocycles. The molecule has 0 aliphatic carbocycles. The standard InChI is InChI=1S/C46H51N9O6S/c56-38-15-14-37(41(57)49-38)55-44(60)34-10-7-11-36(39(34)45(55)61)47-18-5-2-6-20-51-23-25-53(26-24-51)32-16-21-52(22-17-32)33-13-12-31-29-54(43(59)35(31)28-33)40(30-8-3-1-4-9-30)42(58)50-46-48-19-27-62-46/h1,3-4,7-13,19,27-28,32,37,40,47H,2,5-6,14-18,20-26,29H2,(H,48,50,58)(H,49,56,57). The molecule has 6 amide bonds. The number of benzene rings is 3. The molecule has 3 fully saturated rings. The minimum absolute atomic E-state index is 0.0884. The Morgan fingerprint density at radius 1 is 0.823 bits per heavy atom. The highest BCUT2D eigenvalue weighted by Gasteiger charge is 2.46. The summed E-state index contributed by atoms with van der Waals surface area (Å²) < 4.78 is 0. The quantitative estimate of drug-likeness (QED) is 0.118. The lowest BCUT2D eigenvalue weighted by Gasteiger charge is -2.43. The van der Waals surface area contributed by atoms with Crippen LogP contribution in [0.2, 0.25) is 0 Å². The maximum Gasteiger partial charge on any atom is 0.264 e. The van der Waals surface area contributed by atoms with Gasteiger partial charge >= 0.3 is 0 Å². The van der Waals surface area contributed by atoms with Crippen LogP contribution in [0.3, 0.4) is 0 Å². The van der Waals surface area contributed by atoms with E-state index in [-0.39, 0.29) is 30.2 Å². The van der Waals surface area contributed by atoms with Gasteiger partial charge in [-0.1, -0.05) is 48.9 Å². The number of nitrogens with one attached hydrogen (secondary N) is 3. The molecular formula is C46H51N9O6S. The van der Waals surface area contributed by atoms with E-state index in [9.17, 15) is 28.8 Å². The first-order valence-electron chi connectivity index (χ1n) is 21.7. The van der Waals surface area contributed by atoms with Gasteiger partial charge in [-0.05, 0) is 74.0 Å². The number of piperidine rings is 2. The van der Waals surface area contributed by atoms with E-state index in [0.717, 1.165) is 99.6 Å². The van der Waals surface area contributed by atoms with Crippen molar-refractivity contribution in [1.82, 2.24) is 29.9 Å². The van der Waals surface area contributed by atoms with Crippen molar-refractivity contribution in [3.05, 3.63) is 106 Å². The number of unbranched alkanes of at least 4 members (excludes halogenated alkanes) is 2. The molecule has 15 nitrogen and oxygen atoms in total. The van der Waals surface area contributed by atoms with Crippen LogP contribution in [-0.2, 0) is 20.9 Å². The van der Waals surface area contributed by atoms with Gasteiger partial charge in [-0.3, -0.25) is 49.2 Å². The highest BCUT2D eigenvalue weighted by atomic mass is 32.1. The van der Waals surface area contributed by atoms with E-state index in [1.165, 1.54) is 11.3 Å². The van der Waals surface area contributed by atoms with E-state index in [0.29, 0.717) is 41.1 Å². The predicted molar refractivity (Wildman–Crippen MR) is 235 cm³/mol. The third-order valence-electron chi connectivity index (χ3n) is 13.0. The second-order valence-corrected chi connectivity index (χ2v) is 17.6. The third-order valence-corrected chi connectivity index (χ3v) is 13.6. The van der Waals surface area contributed by atoms with Gasteiger partial charge in [-0.2, -0.15) is 0 Å². The summed E-state index contributed by atoms with van der Waals surface area (Å²) in [6.45, 7) is 8.10. The summed E-state index contributed by atoms with van der Waals surface area (Å²) >= 11 is 1.35. The van der Waals surface area contributed by atoms with E-state index in [2.05, 4.69) is 41.7 Å². The van der Waals surface area contributed by atoms with E-state index in [1.807, 2.05) is 42.5 Å². The number of carbonyl (C=O) groups excluding carboxylic acids is 6. The molecule has 4 aromatic rings. The van der Waals surface area contributed by atoms with Gasteiger partial charge in [-0.25, -0.2) is 4.98 Å². The lowest BCUT2D eigenvalue weighted by atomic mass is 10.0. The van der Waals surface area contributed by atoms with Crippen molar-refractivity contribution in [2.24, 2.45) is 0 Å². The van der Waals surface area contributed by atoms with Gasteiger partial charge in [0, 0.05) is 93.3 Å². The van der Waals surface area contributed by atoms with E-state index >= 15 is 0 Å². The molecule has 2 atom stereocenters. The number of hydrogen-bond acceptors (Lipinski definition) is 12. The molecule has 2 unspecified atom stereocenters. The minimum atomic E-state index is -0.981.